The van der Waals surface area contributed by atoms with E-state index >= 15 is 0 Å². The van der Waals surface area contributed by atoms with E-state index in [9.17, 15) is 8.42 Å². The maximum absolute atomic E-state index is 12.0. The summed E-state index contributed by atoms with van der Waals surface area (Å²) in [7, 11) is -3.15. The molecule has 18 heavy (non-hydrogen) atoms. The Morgan fingerprint density at radius 1 is 1.39 bits per heavy atom. The summed E-state index contributed by atoms with van der Waals surface area (Å²) >= 11 is 0. The van der Waals surface area contributed by atoms with Gasteiger partial charge in [-0.15, -0.1) is 0 Å². The molecular weight excluding hydrogens is 248 g/mol. The molecule has 1 unspecified atom stereocenters. The number of anilines is 1. The van der Waals surface area contributed by atoms with Crippen LogP contribution < -0.4 is 10.6 Å². The molecule has 0 bridgehead atoms. The first kappa shape index (κ1) is 13.4. The minimum Gasteiger partial charge on any atom is -0.384 e. The van der Waals surface area contributed by atoms with Crippen LogP contribution in [-0.4, -0.2) is 33.8 Å². The molecule has 1 fully saturated rings. The molecule has 2 rings (SSSR count). The largest absolute Gasteiger partial charge is 0.384 e. The van der Waals surface area contributed by atoms with Gasteiger partial charge in [0.2, 0.25) is 0 Å². The second-order valence-electron chi connectivity index (χ2n) is 4.64. The summed E-state index contributed by atoms with van der Waals surface area (Å²) in [4.78, 5) is 0.415. The standard InChI is InChI=1S/C13H20N2O2S/c1-2-18(16,17)13-6-4-3-5-12(13)15-10-11-7-8-14-9-11/h3-6,11,14-15H,2,7-10H2,1H3. The zero-order valence-electron chi connectivity index (χ0n) is 10.6. The smallest absolute Gasteiger partial charge is 0.180 e. The molecule has 0 radical (unpaired) electrons. The molecule has 0 amide bonds. The molecule has 2 N–H and O–H groups in total. The third kappa shape index (κ3) is 3.03. The first-order valence-electron chi connectivity index (χ1n) is 6.40. The van der Waals surface area contributed by atoms with E-state index in [2.05, 4.69) is 10.6 Å². The van der Waals surface area contributed by atoms with Gasteiger partial charge in [-0.05, 0) is 37.6 Å². The lowest BCUT2D eigenvalue weighted by Crippen LogP contribution is -2.18. The van der Waals surface area contributed by atoms with Gasteiger partial charge in [-0.25, -0.2) is 8.42 Å². The summed E-state index contributed by atoms with van der Waals surface area (Å²) in [6.45, 7) is 4.56. The summed E-state index contributed by atoms with van der Waals surface area (Å²) < 4.78 is 23.9. The van der Waals surface area contributed by atoms with Crippen LogP contribution in [0.3, 0.4) is 0 Å². The molecule has 0 aromatic heterocycles. The minimum atomic E-state index is -3.15. The Bertz CT molecular complexity index is 493. The Morgan fingerprint density at radius 3 is 2.83 bits per heavy atom. The maximum Gasteiger partial charge on any atom is 0.180 e. The Labute approximate surface area is 109 Å². The lowest BCUT2D eigenvalue weighted by Gasteiger charge is -2.14. The molecule has 1 saturated heterocycles. The molecule has 1 atom stereocenters. The van der Waals surface area contributed by atoms with Crippen molar-refractivity contribution < 1.29 is 8.42 Å². The number of rotatable bonds is 5. The molecule has 1 heterocycles. The van der Waals surface area contributed by atoms with E-state index in [1.54, 1.807) is 19.1 Å². The normalized spacial score (nSPS) is 19.9. The van der Waals surface area contributed by atoms with Gasteiger partial charge in [0.1, 0.15) is 0 Å². The van der Waals surface area contributed by atoms with E-state index in [-0.39, 0.29) is 5.75 Å². The van der Waals surface area contributed by atoms with Crippen molar-refractivity contribution in [2.75, 3.05) is 30.7 Å². The first-order chi connectivity index (χ1) is 8.63. The number of hydrogen-bond donors (Lipinski definition) is 2. The Hall–Kier alpha value is -1.07. The van der Waals surface area contributed by atoms with E-state index in [0.29, 0.717) is 10.8 Å². The van der Waals surface area contributed by atoms with Crippen LogP contribution in [0.1, 0.15) is 13.3 Å². The second-order valence-corrected chi connectivity index (χ2v) is 6.89. The van der Waals surface area contributed by atoms with Gasteiger partial charge in [0.25, 0.3) is 0 Å². The molecule has 0 aliphatic carbocycles. The topological polar surface area (TPSA) is 58.2 Å². The second kappa shape index (κ2) is 5.71. The summed E-state index contributed by atoms with van der Waals surface area (Å²) in [6, 6.07) is 7.15. The monoisotopic (exact) mass is 268 g/mol. The van der Waals surface area contributed by atoms with Crippen LogP contribution >= 0.6 is 0 Å². The van der Waals surface area contributed by atoms with E-state index in [1.165, 1.54) is 0 Å². The summed E-state index contributed by atoms with van der Waals surface area (Å²) in [6.07, 6.45) is 1.15. The van der Waals surface area contributed by atoms with Crippen molar-refractivity contribution >= 4 is 15.5 Å². The fourth-order valence-corrected chi connectivity index (χ4v) is 3.25. The number of sulfone groups is 1. The minimum absolute atomic E-state index is 0.136. The SMILES string of the molecule is CCS(=O)(=O)c1ccccc1NCC1CCNC1. The number of para-hydroxylation sites is 1. The van der Waals surface area contributed by atoms with Gasteiger partial charge in [-0.3, -0.25) is 0 Å². The summed E-state index contributed by atoms with van der Waals surface area (Å²) in [5.41, 5.74) is 0.728. The van der Waals surface area contributed by atoms with Crippen LogP contribution in [-0.2, 0) is 9.84 Å². The highest BCUT2D eigenvalue weighted by Crippen LogP contribution is 2.22. The third-order valence-electron chi connectivity index (χ3n) is 3.35. The molecule has 4 nitrogen and oxygen atoms in total. The molecule has 5 heteroatoms. The number of hydrogen-bond acceptors (Lipinski definition) is 4. The van der Waals surface area contributed by atoms with E-state index in [0.717, 1.165) is 31.7 Å². The number of nitrogens with one attached hydrogen (secondary N) is 2. The van der Waals surface area contributed by atoms with Crippen molar-refractivity contribution in [3.05, 3.63) is 24.3 Å². The van der Waals surface area contributed by atoms with Crippen molar-refractivity contribution in [1.29, 1.82) is 0 Å². The van der Waals surface area contributed by atoms with Gasteiger partial charge in [0.15, 0.2) is 9.84 Å². The molecule has 1 aliphatic heterocycles. The van der Waals surface area contributed by atoms with Crippen LogP contribution in [0.2, 0.25) is 0 Å². The lowest BCUT2D eigenvalue weighted by atomic mass is 10.1. The quantitative estimate of drug-likeness (QED) is 0.849. The van der Waals surface area contributed by atoms with Crippen LogP contribution in [0.5, 0.6) is 0 Å². The van der Waals surface area contributed by atoms with Gasteiger partial charge in [-0.2, -0.15) is 0 Å². The molecular formula is C13H20N2O2S. The van der Waals surface area contributed by atoms with Crippen LogP contribution in [0.15, 0.2) is 29.2 Å². The van der Waals surface area contributed by atoms with Crippen LogP contribution in [0.25, 0.3) is 0 Å². The molecule has 0 saturated carbocycles. The lowest BCUT2D eigenvalue weighted by molar-refractivity contribution is 0.596. The zero-order chi connectivity index (χ0) is 13.0. The predicted octanol–water partition coefficient (Wildman–Crippen LogP) is 1.50. The van der Waals surface area contributed by atoms with Crippen molar-refractivity contribution in [1.82, 2.24) is 5.32 Å². The van der Waals surface area contributed by atoms with Gasteiger partial charge in [-0.1, -0.05) is 19.1 Å². The molecule has 0 spiro atoms. The van der Waals surface area contributed by atoms with Crippen molar-refractivity contribution in [2.24, 2.45) is 5.92 Å². The third-order valence-corrected chi connectivity index (χ3v) is 5.13. The fraction of sp³-hybridized carbons (Fsp3) is 0.538. The highest BCUT2D eigenvalue weighted by molar-refractivity contribution is 7.91. The highest BCUT2D eigenvalue weighted by Gasteiger charge is 2.18. The van der Waals surface area contributed by atoms with E-state index < -0.39 is 9.84 Å². The van der Waals surface area contributed by atoms with E-state index in [4.69, 9.17) is 0 Å². The predicted molar refractivity (Wildman–Crippen MR) is 73.6 cm³/mol. The summed E-state index contributed by atoms with van der Waals surface area (Å²) in [5.74, 6) is 0.721. The van der Waals surface area contributed by atoms with Gasteiger partial charge >= 0.3 is 0 Å². The van der Waals surface area contributed by atoms with Crippen molar-refractivity contribution in [3.8, 4) is 0 Å². The van der Waals surface area contributed by atoms with Gasteiger partial charge < -0.3 is 10.6 Å². The fourth-order valence-electron chi connectivity index (χ4n) is 2.18. The Morgan fingerprint density at radius 2 is 2.17 bits per heavy atom. The first-order valence-corrected chi connectivity index (χ1v) is 8.05. The van der Waals surface area contributed by atoms with Crippen molar-refractivity contribution in [2.45, 2.75) is 18.2 Å². The average Bonchev–Trinajstić information content (AvgIpc) is 2.90. The van der Waals surface area contributed by atoms with Crippen molar-refractivity contribution in [3.63, 3.8) is 0 Å². The van der Waals surface area contributed by atoms with Gasteiger partial charge in [0, 0.05) is 6.54 Å². The zero-order valence-corrected chi connectivity index (χ0v) is 11.5. The van der Waals surface area contributed by atoms with E-state index in [1.807, 2.05) is 12.1 Å². The summed E-state index contributed by atoms with van der Waals surface area (Å²) in [5, 5.41) is 6.58. The number of benzene rings is 1. The Kier molecular flexibility index (Phi) is 4.24. The average molecular weight is 268 g/mol. The maximum atomic E-state index is 12.0. The molecule has 1 aliphatic rings. The molecule has 1 aromatic rings. The van der Waals surface area contributed by atoms with Gasteiger partial charge in [0.05, 0.1) is 16.3 Å². The van der Waals surface area contributed by atoms with Crippen LogP contribution in [0, 0.1) is 5.92 Å². The highest BCUT2D eigenvalue weighted by atomic mass is 32.2. The van der Waals surface area contributed by atoms with Crippen LogP contribution in [0.4, 0.5) is 5.69 Å². The molecule has 100 valence electrons. The molecule has 1 aromatic carbocycles. The Balaban J connectivity index is 2.12.